The van der Waals surface area contributed by atoms with E-state index in [-0.39, 0.29) is 17.5 Å². The first-order valence-corrected chi connectivity index (χ1v) is 12.0. The number of nitrogens with zero attached hydrogens (tertiary/aromatic N) is 1. The van der Waals surface area contributed by atoms with Gasteiger partial charge in [-0.15, -0.1) is 0 Å². The topological polar surface area (TPSA) is 67.9 Å². The third kappa shape index (κ3) is 4.68. The molecule has 1 amide bonds. The Bertz CT molecular complexity index is 1170. The van der Waals surface area contributed by atoms with Crippen LogP contribution in [0.5, 0.6) is 11.5 Å². The van der Waals surface area contributed by atoms with Crippen LogP contribution in [0.4, 0.5) is 0 Å². The van der Waals surface area contributed by atoms with Gasteiger partial charge in [-0.1, -0.05) is 73.3 Å². The van der Waals surface area contributed by atoms with Gasteiger partial charge in [0.25, 0.3) is 0 Å². The van der Waals surface area contributed by atoms with Crippen molar-refractivity contribution in [2.45, 2.75) is 25.4 Å². The zero-order valence-electron chi connectivity index (χ0n) is 18.5. The summed E-state index contributed by atoms with van der Waals surface area (Å²) in [7, 11) is -1.07. The van der Waals surface area contributed by atoms with Crippen molar-refractivity contribution in [2.24, 2.45) is 0 Å². The fourth-order valence-corrected chi connectivity index (χ4v) is 7.17. The molecule has 4 rings (SSSR count). The van der Waals surface area contributed by atoms with Crippen molar-refractivity contribution in [2.75, 3.05) is 0 Å². The largest absolute Gasteiger partial charge is 0.465 e. The molecule has 3 atom stereocenters. The number of hydrazine groups is 1. The molecule has 1 saturated heterocycles. The second kappa shape index (κ2) is 9.99. The van der Waals surface area contributed by atoms with Crippen LogP contribution in [-0.2, 0) is 9.59 Å². The summed E-state index contributed by atoms with van der Waals surface area (Å²) in [4.78, 5) is 24.6. The van der Waals surface area contributed by atoms with Crippen LogP contribution in [0.15, 0.2) is 91.7 Å². The van der Waals surface area contributed by atoms with Crippen molar-refractivity contribution < 1.29 is 19.1 Å². The summed E-state index contributed by atoms with van der Waals surface area (Å²) in [6.07, 6.45) is 1.39. The molecular weight excluding hydrogens is 435 g/mol. The van der Waals surface area contributed by atoms with Gasteiger partial charge in [-0.05, 0) is 25.4 Å². The molecule has 0 bridgehead atoms. The van der Waals surface area contributed by atoms with Crippen molar-refractivity contribution in [3.05, 3.63) is 103 Å². The lowest BCUT2D eigenvalue weighted by Gasteiger charge is -2.28. The number of para-hydroxylation sites is 2. The van der Waals surface area contributed by atoms with E-state index in [1.54, 1.807) is 11.1 Å². The molecule has 3 aromatic carbocycles. The van der Waals surface area contributed by atoms with E-state index in [4.69, 9.17) is 9.47 Å². The molecule has 3 aromatic rings. The highest BCUT2D eigenvalue weighted by Crippen LogP contribution is 2.66. The zero-order valence-corrected chi connectivity index (χ0v) is 19.4. The van der Waals surface area contributed by atoms with Gasteiger partial charge < -0.3 is 9.47 Å². The van der Waals surface area contributed by atoms with E-state index in [1.807, 2.05) is 60.7 Å². The Labute approximate surface area is 194 Å². The number of carbonyl (C=O) groups excluding carboxylic acids is 2. The first-order chi connectivity index (χ1) is 16.0. The van der Waals surface area contributed by atoms with Crippen LogP contribution in [0.2, 0.25) is 0 Å². The van der Waals surface area contributed by atoms with Gasteiger partial charge in [-0.2, -0.15) is 0 Å². The van der Waals surface area contributed by atoms with Crippen LogP contribution >= 0.6 is 7.92 Å². The number of rotatable bonds is 6. The van der Waals surface area contributed by atoms with Crippen LogP contribution in [0.25, 0.3) is 0 Å². The van der Waals surface area contributed by atoms with Gasteiger partial charge >= 0.3 is 5.97 Å². The molecule has 1 heterocycles. The molecule has 168 valence electrons. The average Bonchev–Trinajstić information content (AvgIpc) is 3.21. The number of esters is 1. The maximum absolute atomic E-state index is 12.8. The minimum absolute atomic E-state index is 0.121. The molecular formula is C26H25N2O4P. The molecule has 1 unspecified atom stereocenters. The molecule has 1 fully saturated rings. The van der Waals surface area contributed by atoms with E-state index in [0.29, 0.717) is 11.5 Å². The Balaban J connectivity index is 1.92. The smallest absolute Gasteiger partial charge is 0.308 e. The molecule has 0 aliphatic carbocycles. The number of hydrogen-bond donors (Lipinski definition) is 1. The summed E-state index contributed by atoms with van der Waals surface area (Å²) in [6.45, 7) is 6.61. The number of nitrogens with one attached hydrogen (secondary N) is 1. The lowest BCUT2D eigenvalue weighted by Crippen LogP contribution is -2.38. The minimum atomic E-state index is -1.07. The van der Waals surface area contributed by atoms with Gasteiger partial charge in [0.15, 0.2) is 0 Å². The summed E-state index contributed by atoms with van der Waals surface area (Å²) < 4.78 is 11.2. The Morgan fingerprint density at radius 3 is 2.15 bits per heavy atom. The molecule has 1 aliphatic rings. The molecule has 1 N–H and O–H groups in total. The molecule has 0 saturated carbocycles. The van der Waals surface area contributed by atoms with E-state index < -0.39 is 13.9 Å². The highest BCUT2D eigenvalue weighted by molar-refractivity contribution is 7.66. The highest BCUT2D eigenvalue weighted by atomic mass is 31.1. The first kappa shape index (κ1) is 22.7. The number of amides is 1. The van der Waals surface area contributed by atoms with E-state index in [1.165, 1.54) is 20.1 Å². The number of carbonyl (C=O) groups is 2. The zero-order chi connectivity index (χ0) is 23.4. The Morgan fingerprint density at radius 2 is 1.52 bits per heavy atom. The maximum Gasteiger partial charge on any atom is 0.308 e. The van der Waals surface area contributed by atoms with Crippen LogP contribution in [-0.4, -0.2) is 16.9 Å². The summed E-state index contributed by atoms with van der Waals surface area (Å²) in [5, 5.41) is 2.77. The lowest BCUT2D eigenvalue weighted by atomic mass is 10.2. The van der Waals surface area contributed by atoms with Crippen molar-refractivity contribution in [3.8, 4) is 11.5 Å². The summed E-state index contributed by atoms with van der Waals surface area (Å²) in [6, 6.07) is 25.2. The Morgan fingerprint density at radius 1 is 0.909 bits per heavy atom. The standard InChI is InChI=1S/C26H25N2O4P/c1-4-31-23-16-10-9-15-22(23)26-28(18(2)29)27-25(33(26)20-12-6-5-7-13-20)21-14-8-11-17-24(21)32-19(3)30/h4-17,25-27H,1H2,2-3H3/t25-,26-,33?/m0/s1. The van der Waals surface area contributed by atoms with Gasteiger partial charge in [-0.25, -0.2) is 5.43 Å². The number of hydrogen-bond acceptors (Lipinski definition) is 5. The molecule has 0 aromatic heterocycles. The summed E-state index contributed by atoms with van der Waals surface area (Å²) in [5.74, 6) is 0.0159. The van der Waals surface area contributed by atoms with E-state index >= 15 is 0 Å². The van der Waals surface area contributed by atoms with Gasteiger partial charge in [0.1, 0.15) is 17.3 Å². The maximum atomic E-state index is 12.8. The third-order valence-corrected chi connectivity index (χ3v) is 8.20. The van der Waals surface area contributed by atoms with Crippen molar-refractivity contribution in [1.29, 1.82) is 0 Å². The van der Waals surface area contributed by atoms with Crippen LogP contribution in [0.1, 0.15) is 36.5 Å². The quantitative estimate of drug-likeness (QED) is 0.243. The molecule has 0 radical (unpaired) electrons. The fraction of sp³-hybridized carbons (Fsp3) is 0.154. The molecule has 1 aliphatic heterocycles. The number of benzene rings is 3. The monoisotopic (exact) mass is 460 g/mol. The second-order valence-electron chi connectivity index (χ2n) is 7.49. The minimum Gasteiger partial charge on any atom is -0.465 e. The van der Waals surface area contributed by atoms with Gasteiger partial charge in [0.05, 0.1) is 12.0 Å². The average molecular weight is 460 g/mol. The Hall–Kier alpha value is -3.47. The van der Waals surface area contributed by atoms with Crippen molar-refractivity contribution in [1.82, 2.24) is 10.4 Å². The summed E-state index contributed by atoms with van der Waals surface area (Å²) in [5.41, 5.74) is 5.12. The normalized spacial score (nSPS) is 19.7. The number of ether oxygens (including phenoxy) is 2. The van der Waals surface area contributed by atoms with Gasteiger partial charge in [0.2, 0.25) is 5.91 Å². The van der Waals surface area contributed by atoms with Gasteiger partial charge in [-0.3, -0.25) is 14.6 Å². The lowest BCUT2D eigenvalue weighted by molar-refractivity contribution is -0.133. The predicted molar refractivity (Wildman–Crippen MR) is 129 cm³/mol. The van der Waals surface area contributed by atoms with Crippen LogP contribution in [0.3, 0.4) is 0 Å². The fourth-order valence-electron chi connectivity index (χ4n) is 4.04. The van der Waals surface area contributed by atoms with Crippen molar-refractivity contribution >= 4 is 25.1 Å². The molecule has 6 nitrogen and oxygen atoms in total. The first-order valence-electron chi connectivity index (χ1n) is 10.5. The second-order valence-corrected chi connectivity index (χ2v) is 9.83. The van der Waals surface area contributed by atoms with E-state index in [0.717, 1.165) is 16.4 Å². The van der Waals surface area contributed by atoms with Crippen LogP contribution < -0.4 is 20.2 Å². The molecule has 7 heteroatoms. The van der Waals surface area contributed by atoms with Gasteiger partial charge in [0, 0.05) is 25.0 Å². The Kier molecular flexibility index (Phi) is 6.87. The molecule has 33 heavy (non-hydrogen) atoms. The van der Waals surface area contributed by atoms with E-state index in [2.05, 4.69) is 24.1 Å². The predicted octanol–water partition coefficient (Wildman–Crippen LogP) is 5.01. The van der Waals surface area contributed by atoms with Crippen molar-refractivity contribution in [3.63, 3.8) is 0 Å². The SMILES string of the molecule is C=COc1ccccc1[C@H]1N(C(C)=O)N[C@H](c2ccccc2OC(C)=O)P1c1ccccc1. The van der Waals surface area contributed by atoms with Crippen LogP contribution in [0, 0.1) is 0 Å². The highest BCUT2D eigenvalue weighted by Gasteiger charge is 2.47. The summed E-state index contributed by atoms with van der Waals surface area (Å²) >= 11 is 0. The van der Waals surface area contributed by atoms with E-state index in [9.17, 15) is 9.59 Å². The third-order valence-electron chi connectivity index (χ3n) is 5.32. The molecule has 0 spiro atoms.